The van der Waals surface area contributed by atoms with Crippen LogP contribution >= 0.6 is 0 Å². The van der Waals surface area contributed by atoms with E-state index < -0.39 is 6.10 Å². The number of hydrogen-bond donors (Lipinski definition) is 1. The second-order valence-corrected chi connectivity index (χ2v) is 13.4. The summed E-state index contributed by atoms with van der Waals surface area (Å²) in [5, 5.41) is 9.52. The lowest BCUT2D eigenvalue weighted by Crippen LogP contribution is -2.28. The van der Waals surface area contributed by atoms with Gasteiger partial charge in [0, 0.05) is 12.8 Å². The molecule has 0 aromatic carbocycles. The van der Waals surface area contributed by atoms with Crippen LogP contribution in [-0.4, -0.2) is 36.4 Å². The first-order valence-corrected chi connectivity index (χ1v) is 19.7. The smallest absolute Gasteiger partial charge is 0.306 e. The monoisotopic (exact) mass is 637 g/mol. The molecule has 0 aromatic heterocycles. The van der Waals surface area contributed by atoms with Crippen LogP contribution in [0.15, 0.2) is 12.2 Å². The van der Waals surface area contributed by atoms with Crippen LogP contribution < -0.4 is 0 Å². The quantitative estimate of drug-likeness (QED) is 0.0421. The number of unbranched alkanes of at least 4 members (excludes halogenated alkanes) is 26. The van der Waals surface area contributed by atoms with E-state index in [0.717, 1.165) is 38.5 Å². The van der Waals surface area contributed by atoms with Crippen LogP contribution in [0.5, 0.6) is 0 Å². The van der Waals surface area contributed by atoms with E-state index in [9.17, 15) is 14.7 Å². The van der Waals surface area contributed by atoms with Crippen LogP contribution in [0.4, 0.5) is 0 Å². The van der Waals surface area contributed by atoms with E-state index in [4.69, 9.17) is 9.47 Å². The number of aliphatic hydroxyl groups is 1. The standard InChI is InChI=1S/C40H76O5/c1-3-5-7-9-11-13-15-16-17-18-19-20-21-22-23-25-26-28-30-32-34-39(42)44-37-38(36-41)45-40(43)35-33-31-29-27-24-14-12-10-8-6-4-2/h10,12,38,41H,3-9,11,13-37H2,1-2H3/b12-10-. The number of rotatable bonds is 36. The Morgan fingerprint density at radius 1 is 0.489 bits per heavy atom. The lowest BCUT2D eigenvalue weighted by molar-refractivity contribution is -0.161. The van der Waals surface area contributed by atoms with Crippen molar-refractivity contribution in [3.63, 3.8) is 0 Å². The van der Waals surface area contributed by atoms with E-state index in [-0.39, 0.29) is 25.2 Å². The van der Waals surface area contributed by atoms with Gasteiger partial charge in [-0.05, 0) is 32.1 Å². The number of carbonyl (C=O) groups excluding carboxylic acids is 2. The topological polar surface area (TPSA) is 72.8 Å². The summed E-state index contributed by atoms with van der Waals surface area (Å²) in [4.78, 5) is 24.2. The lowest BCUT2D eigenvalue weighted by Gasteiger charge is -2.15. The Morgan fingerprint density at radius 3 is 1.27 bits per heavy atom. The summed E-state index contributed by atoms with van der Waals surface area (Å²) in [5.74, 6) is -0.592. The summed E-state index contributed by atoms with van der Waals surface area (Å²) in [6, 6.07) is 0. The van der Waals surface area contributed by atoms with Gasteiger partial charge in [0.25, 0.3) is 0 Å². The molecule has 0 aliphatic rings. The molecule has 0 heterocycles. The number of allylic oxidation sites excluding steroid dienone is 2. The van der Waals surface area contributed by atoms with Crippen molar-refractivity contribution in [3.8, 4) is 0 Å². The van der Waals surface area contributed by atoms with Gasteiger partial charge < -0.3 is 14.6 Å². The molecule has 0 bridgehead atoms. The third-order valence-electron chi connectivity index (χ3n) is 8.81. The van der Waals surface area contributed by atoms with E-state index in [0.29, 0.717) is 12.8 Å². The molecule has 0 spiro atoms. The van der Waals surface area contributed by atoms with E-state index >= 15 is 0 Å². The summed E-state index contributed by atoms with van der Waals surface area (Å²) in [5.41, 5.74) is 0. The fourth-order valence-corrected chi connectivity index (χ4v) is 5.77. The van der Waals surface area contributed by atoms with E-state index in [1.165, 1.54) is 148 Å². The molecular formula is C40H76O5. The second-order valence-electron chi connectivity index (χ2n) is 13.4. The molecule has 1 N–H and O–H groups in total. The van der Waals surface area contributed by atoms with Crippen LogP contribution in [-0.2, 0) is 19.1 Å². The molecule has 0 aliphatic carbocycles. The predicted octanol–water partition coefficient (Wildman–Crippen LogP) is 12.1. The van der Waals surface area contributed by atoms with Crippen molar-refractivity contribution in [2.45, 2.75) is 219 Å². The highest BCUT2D eigenvalue weighted by Gasteiger charge is 2.16. The molecule has 0 aliphatic heterocycles. The SMILES string of the molecule is CCCC/C=C\CCCCCCCC(=O)OC(CO)COC(=O)CCCCCCCCCCCCCCCCCCCCCC. The molecule has 0 rings (SSSR count). The van der Waals surface area contributed by atoms with Gasteiger partial charge in [0.1, 0.15) is 6.61 Å². The Bertz CT molecular complexity index is 647. The molecule has 45 heavy (non-hydrogen) atoms. The van der Waals surface area contributed by atoms with Gasteiger partial charge in [-0.25, -0.2) is 0 Å². The number of esters is 2. The first-order chi connectivity index (χ1) is 22.1. The molecule has 5 nitrogen and oxygen atoms in total. The Morgan fingerprint density at radius 2 is 0.844 bits per heavy atom. The average Bonchev–Trinajstić information content (AvgIpc) is 3.04. The summed E-state index contributed by atoms with van der Waals surface area (Å²) >= 11 is 0. The van der Waals surface area contributed by atoms with Crippen molar-refractivity contribution in [2.24, 2.45) is 0 Å². The summed E-state index contributed by atoms with van der Waals surface area (Å²) in [7, 11) is 0. The largest absolute Gasteiger partial charge is 0.462 e. The molecule has 1 unspecified atom stereocenters. The minimum atomic E-state index is -0.768. The average molecular weight is 637 g/mol. The minimum Gasteiger partial charge on any atom is -0.462 e. The van der Waals surface area contributed by atoms with Crippen LogP contribution in [0.3, 0.4) is 0 Å². The Balaban J connectivity index is 3.47. The van der Waals surface area contributed by atoms with Crippen LogP contribution in [0.25, 0.3) is 0 Å². The molecule has 0 fully saturated rings. The highest BCUT2D eigenvalue weighted by atomic mass is 16.6. The minimum absolute atomic E-state index is 0.0635. The number of carbonyl (C=O) groups is 2. The maximum Gasteiger partial charge on any atom is 0.306 e. The van der Waals surface area contributed by atoms with Gasteiger partial charge in [0.2, 0.25) is 0 Å². The first kappa shape index (κ1) is 43.6. The van der Waals surface area contributed by atoms with Crippen LogP contribution in [0.2, 0.25) is 0 Å². The van der Waals surface area contributed by atoms with Crippen molar-refractivity contribution in [1.82, 2.24) is 0 Å². The van der Waals surface area contributed by atoms with Crippen LogP contribution in [0, 0.1) is 0 Å². The zero-order chi connectivity index (χ0) is 32.9. The van der Waals surface area contributed by atoms with Gasteiger partial charge in [0.05, 0.1) is 6.61 Å². The molecule has 0 aromatic rings. The highest BCUT2D eigenvalue weighted by molar-refractivity contribution is 5.70. The summed E-state index contributed by atoms with van der Waals surface area (Å²) in [6.07, 6.45) is 41.4. The fourth-order valence-electron chi connectivity index (χ4n) is 5.77. The van der Waals surface area contributed by atoms with E-state index in [2.05, 4.69) is 26.0 Å². The van der Waals surface area contributed by atoms with Crippen molar-refractivity contribution < 1.29 is 24.2 Å². The second kappa shape index (κ2) is 37.1. The third-order valence-corrected chi connectivity index (χ3v) is 8.81. The van der Waals surface area contributed by atoms with Crippen molar-refractivity contribution in [1.29, 1.82) is 0 Å². The van der Waals surface area contributed by atoms with E-state index in [1.54, 1.807) is 0 Å². The maximum atomic E-state index is 12.1. The molecule has 0 amide bonds. The zero-order valence-electron chi connectivity index (χ0n) is 30.1. The summed E-state index contributed by atoms with van der Waals surface area (Å²) < 4.78 is 10.6. The Labute approximate surface area is 280 Å². The first-order valence-electron chi connectivity index (χ1n) is 19.7. The molecule has 266 valence electrons. The van der Waals surface area contributed by atoms with Gasteiger partial charge in [-0.3, -0.25) is 9.59 Å². The van der Waals surface area contributed by atoms with E-state index in [1.807, 2.05) is 0 Å². The van der Waals surface area contributed by atoms with Crippen molar-refractivity contribution in [2.75, 3.05) is 13.2 Å². The normalized spacial score (nSPS) is 12.2. The molecule has 1 atom stereocenters. The molecule has 0 saturated heterocycles. The van der Waals surface area contributed by atoms with Gasteiger partial charge in [-0.2, -0.15) is 0 Å². The Kier molecular flexibility index (Phi) is 36.0. The van der Waals surface area contributed by atoms with Gasteiger partial charge in [-0.1, -0.05) is 180 Å². The number of ether oxygens (including phenoxy) is 2. The lowest BCUT2D eigenvalue weighted by atomic mass is 10.0. The number of aliphatic hydroxyl groups excluding tert-OH is 1. The molecule has 0 saturated carbocycles. The predicted molar refractivity (Wildman–Crippen MR) is 192 cm³/mol. The highest BCUT2D eigenvalue weighted by Crippen LogP contribution is 2.15. The summed E-state index contributed by atoms with van der Waals surface area (Å²) in [6.45, 7) is 4.11. The van der Waals surface area contributed by atoms with Gasteiger partial charge >= 0.3 is 11.9 Å². The fraction of sp³-hybridized carbons (Fsp3) is 0.900. The number of hydrogen-bond acceptors (Lipinski definition) is 5. The molecule has 5 heteroatoms. The van der Waals surface area contributed by atoms with Crippen LogP contribution in [0.1, 0.15) is 213 Å². The maximum absolute atomic E-state index is 12.1. The van der Waals surface area contributed by atoms with Crippen molar-refractivity contribution >= 4 is 11.9 Å². The van der Waals surface area contributed by atoms with Crippen molar-refractivity contribution in [3.05, 3.63) is 12.2 Å². The zero-order valence-corrected chi connectivity index (χ0v) is 30.1. The molecular weight excluding hydrogens is 560 g/mol. The van der Waals surface area contributed by atoms with Gasteiger partial charge in [-0.15, -0.1) is 0 Å². The third kappa shape index (κ3) is 35.3. The molecule has 0 radical (unpaired) electrons. The van der Waals surface area contributed by atoms with Gasteiger partial charge in [0.15, 0.2) is 6.10 Å². The Hall–Kier alpha value is -1.36.